The maximum absolute atomic E-state index is 14.8. The highest BCUT2D eigenvalue weighted by molar-refractivity contribution is 5.91. The number of alkyl halides is 1. The molecule has 2 fully saturated rings. The predicted octanol–water partition coefficient (Wildman–Crippen LogP) is 2.14. The Kier molecular flexibility index (Phi) is 5.26. The Morgan fingerprint density at radius 3 is 2.79 bits per heavy atom. The summed E-state index contributed by atoms with van der Waals surface area (Å²) < 4.78 is 26.1. The topological polar surface area (TPSA) is 124 Å². The van der Waals surface area contributed by atoms with Crippen molar-refractivity contribution in [3.63, 3.8) is 0 Å². The fourth-order valence-corrected chi connectivity index (χ4v) is 4.07. The van der Waals surface area contributed by atoms with Crippen LogP contribution in [-0.2, 0) is 11.2 Å². The van der Waals surface area contributed by atoms with Gasteiger partial charge in [0.2, 0.25) is 5.88 Å². The molecule has 10 nitrogen and oxygen atoms in total. The van der Waals surface area contributed by atoms with Crippen molar-refractivity contribution in [2.24, 2.45) is 5.73 Å². The number of amides is 2. The molecule has 4 heterocycles. The molecular formula is C22H25FN6O4. The zero-order chi connectivity index (χ0) is 23.2. The Labute approximate surface area is 189 Å². The quantitative estimate of drug-likeness (QED) is 0.726. The van der Waals surface area contributed by atoms with Gasteiger partial charge in [0.25, 0.3) is 5.91 Å². The highest BCUT2D eigenvalue weighted by Crippen LogP contribution is 2.39. The maximum atomic E-state index is 14.8. The second-order valence-electron chi connectivity index (χ2n) is 8.87. The van der Waals surface area contributed by atoms with Gasteiger partial charge >= 0.3 is 6.09 Å². The molecule has 2 aliphatic heterocycles. The van der Waals surface area contributed by atoms with Crippen LogP contribution in [0.5, 0.6) is 5.88 Å². The van der Waals surface area contributed by atoms with Crippen molar-refractivity contribution in [3.8, 4) is 5.88 Å². The number of aromatic nitrogens is 3. The van der Waals surface area contributed by atoms with Gasteiger partial charge in [-0.05, 0) is 31.9 Å². The summed E-state index contributed by atoms with van der Waals surface area (Å²) >= 11 is 0. The number of hydrogen-bond acceptors (Lipinski definition) is 8. The average molecular weight is 456 g/mol. The number of fused-ring (bicyclic) bond motifs is 1. The van der Waals surface area contributed by atoms with Crippen LogP contribution in [0.1, 0.15) is 42.4 Å². The van der Waals surface area contributed by atoms with E-state index in [-0.39, 0.29) is 18.1 Å². The van der Waals surface area contributed by atoms with Crippen LogP contribution in [0, 0.1) is 0 Å². The van der Waals surface area contributed by atoms with Crippen LogP contribution in [0.15, 0.2) is 24.5 Å². The summed E-state index contributed by atoms with van der Waals surface area (Å²) in [4.78, 5) is 39.7. The van der Waals surface area contributed by atoms with E-state index in [2.05, 4.69) is 15.0 Å². The third-order valence-electron chi connectivity index (χ3n) is 6.27. The van der Waals surface area contributed by atoms with Gasteiger partial charge in [0.1, 0.15) is 29.5 Å². The molecule has 11 heteroatoms. The summed E-state index contributed by atoms with van der Waals surface area (Å²) in [5, 5.41) is 0. The fourth-order valence-electron chi connectivity index (χ4n) is 4.07. The lowest BCUT2D eigenvalue weighted by molar-refractivity contribution is 0.00226. The lowest BCUT2D eigenvalue weighted by Crippen LogP contribution is -2.50. The number of nitrogens with two attached hydrogens (primary N) is 1. The first kappa shape index (κ1) is 21.4. The van der Waals surface area contributed by atoms with Gasteiger partial charge in [-0.3, -0.25) is 4.79 Å². The number of carbonyl (C=O) groups excluding carboxylic acids is 2. The van der Waals surface area contributed by atoms with E-state index in [0.29, 0.717) is 31.7 Å². The second kappa shape index (κ2) is 8.13. The number of anilines is 2. The molecule has 2 N–H and O–H groups in total. The molecule has 2 atom stereocenters. The van der Waals surface area contributed by atoms with E-state index in [1.54, 1.807) is 18.2 Å². The number of nitrogens with zero attached hydrogens (tertiary/aromatic N) is 5. The minimum Gasteiger partial charge on any atom is -0.471 e. The molecule has 2 aromatic rings. The van der Waals surface area contributed by atoms with Crippen molar-refractivity contribution in [2.75, 3.05) is 24.5 Å². The normalized spacial score (nSPS) is 23.1. The molecule has 2 amide bonds. The zero-order valence-corrected chi connectivity index (χ0v) is 18.2. The number of hydrogen-bond donors (Lipinski definition) is 1. The summed E-state index contributed by atoms with van der Waals surface area (Å²) in [5.41, 5.74) is 6.73. The van der Waals surface area contributed by atoms with E-state index in [1.165, 1.54) is 11.2 Å². The van der Waals surface area contributed by atoms with Gasteiger partial charge in [-0.2, -0.15) is 0 Å². The Balaban J connectivity index is 1.24. The molecular weight excluding hydrogens is 431 g/mol. The molecule has 174 valence electrons. The second-order valence-corrected chi connectivity index (χ2v) is 8.87. The smallest absolute Gasteiger partial charge is 0.410 e. The van der Waals surface area contributed by atoms with Crippen LogP contribution in [0.3, 0.4) is 0 Å². The van der Waals surface area contributed by atoms with Crippen molar-refractivity contribution >= 4 is 23.5 Å². The number of carbonyl (C=O) groups is 2. The molecule has 1 aliphatic carbocycles. The van der Waals surface area contributed by atoms with E-state index in [4.69, 9.17) is 15.2 Å². The predicted molar refractivity (Wildman–Crippen MR) is 115 cm³/mol. The average Bonchev–Trinajstić information content (AvgIpc) is 3.36. The largest absolute Gasteiger partial charge is 0.471 e. The highest BCUT2D eigenvalue weighted by Gasteiger charge is 2.44. The minimum absolute atomic E-state index is 0.0785. The molecule has 2 aromatic heterocycles. The standard InChI is InChI=1S/C22H25FN6O4/c1-22(6-7-22)33-21(31)28-8-5-17(13(23)11-28)32-19-10-18(25-12-26-19)29-9-4-14-16(29)3-2-15(27-14)20(24)30/h2-3,10,12-13,17H,4-9,11H2,1H3,(H2,24,30). The summed E-state index contributed by atoms with van der Waals surface area (Å²) in [6, 6.07) is 5.01. The van der Waals surface area contributed by atoms with Crippen LogP contribution in [0.4, 0.5) is 20.7 Å². The van der Waals surface area contributed by atoms with Crippen LogP contribution < -0.4 is 15.4 Å². The highest BCUT2D eigenvalue weighted by atomic mass is 19.1. The Hall–Kier alpha value is -3.50. The molecule has 1 saturated carbocycles. The first-order chi connectivity index (χ1) is 15.8. The first-order valence-electron chi connectivity index (χ1n) is 11.0. The number of ether oxygens (including phenoxy) is 2. The SMILES string of the molecule is CC1(OC(=O)N2CCC(Oc3cc(N4CCc5nc(C(N)=O)ccc54)ncn3)C(F)C2)CC1. The lowest BCUT2D eigenvalue weighted by Gasteiger charge is -2.34. The van der Waals surface area contributed by atoms with Gasteiger partial charge in [-0.25, -0.2) is 24.1 Å². The molecule has 0 radical (unpaired) electrons. The Morgan fingerprint density at radius 2 is 2.06 bits per heavy atom. The summed E-state index contributed by atoms with van der Waals surface area (Å²) in [6.45, 7) is 2.77. The van der Waals surface area contributed by atoms with Crippen LogP contribution in [0.2, 0.25) is 0 Å². The minimum atomic E-state index is -1.36. The zero-order valence-electron chi connectivity index (χ0n) is 18.2. The molecule has 0 bridgehead atoms. The number of halogens is 1. The molecule has 33 heavy (non-hydrogen) atoms. The molecule has 1 saturated heterocycles. The van der Waals surface area contributed by atoms with Gasteiger partial charge in [0, 0.05) is 32.0 Å². The van der Waals surface area contributed by atoms with Crippen molar-refractivity contribution in [3.05, 3.63) is 35.9 Å². The number of pyridine rings is 1. The van der Waals surface area contributed by atoms with Crippen LogP contribution in [0.25, 0.3) is 0 Å². The number of primary amides is 1. The van der Waals surface area contributed by atoms with E-state index in [9.17, 15) is 14.0 Å². The number of rotatable bonds is 5. The molecule has 5 rings (SSSR count). The van der Waals surface area contributed by atoms with Crippen molar-refractivity contribution in [2.45, 2.75) is 50.5 Å². The molecule has 3 aliphatic rings. The van der Waals surface area contributed by atoms with Gasteiger partial charge in [-0.15, -0.1) is 0 Å². The summed E-state index contributed by atoms with van der Waals surface area (Å²) in [7, 11) is 0. The van der Waals surface area contributed by atoms with E-state index in [1.807, 2.05) is 11.8 Å². The van der Waals surface area contributed by atoms with Gasteiger partial charge in [-0.1, -0.05) is 0 Å². The van der Waals surface area contributed by atoms with Crippen LogP contribution in [-0.4, -0.2) is 69.4 Å². The number of likely N-dealkylation sites (tertiary alicyclic amines) is 1. The van der Waals surface area contributed by atoms with E-state index in [0.717, 1.165) is 24.2 Å². The van der Waals surface area contributed by atoms with Crippen molar-refractivity contribution in [1.29, 1.82) is 0 Å². The van der Waals surface area contributed by atoms with Gasteiger partial charge in [0.05, 0.1) is 17.9 Å². The molecule has 0 spiro atoms. The van der Waals surface area contributed by atoms with Crippen LogP contribution >= 0.6 is 0 Å². The first-order valence-corrected chi connectivity index (χ1v) is 11.0. The molecule has 0 aromatic carbocycles. The Bertz CT molecular complexity index is 1090. The summed E-state index contributed by atoms with van der Waals surface area (Å²) in [5.74, 6) is 0.265. The monoisotopic (exact) mass is 456 g/mol. The molecule has 2 unspecified atom stereocenters. The lowest BCUT2D eigenvalue weighted by atomic mass is 10.1. The van der Waals surface area contributed by atoms with Gasteiger partial charge < -0.3 is 25.0 Å². The van der Waals surface area contributed by atoms with Crippen molar-refractivity contribution in [1.82, 2.24) is 19.9 Å². The third-order valence-corrected chi connectivity index (χ3v) is 6.27. The van der Waals surface area contributed by atoms with Gasteiger partial charge in [0.15, 0.2) is 6.17 Å². The third kappa shape index (κ3) is 4.39. The number of piperidine rings is 1. The maximum Gasteiger partial charge on any atom is 0.410 e. The van der Waals surface area contributed by atoms with E-state index >= 15 is 0 Å². The summed E-state index contributed by atoms with van der Waals surface area (Å²) in [6.07, 6.45) is 1.47. The van der Waals surface area contributed by atoms with Crippen molar-refractivity contribution < 1.29 is 23.5 Å². The Morgan fingerprint density at radius 1 is 1.24 bits per heavy atom. The van der Waals surface area contributed by atoms with E-state index < -0.39 is 29.9 Å². The fraction of sp³-hybridized carbons (Fsp3) is 0.500.